The van der Waals surface area contributed by atoms with E-state index in [1.54, 1.807) is 18.5 Å². The Kier molecular flexibility index (Phi) is 10.3. The summed E-state index contributed by atoms with van der Waals surface area (Å²) in [5, 5.41) is 18.4. The monoisotopic (exact) mass is 425 g/mol. The van der Waals surface area contributed by atoms with Crippen molar-refractivity contribution in [2.75, 3.05) is 0 Å². The average Bonchev–Trinajstić information content (AvgIpc) is 3.02. The molecule has 2 rings (SSSR count). The van der Waals surface area contributed by atoms with Crippen LogP contribution >= 0.6 is 0 Å². The summed E-state index contributed by atoms with van der Waals surface area (Å²) in [5.74, 6) is 0.468. The van der Waals surface area contributed by atoms with Gasteiger partial charge in [0.15, 0.2) is 0 Å². The van der Waals surface area contributed by atoms with Crippen LogP contribution in [-0.2, 0) is 12.0 Å². The molecule has 1 heterocycles. The summed E-state index contributed by atoms with van der Waals surface area (Å²) in [5.41, 5.74) is 4.98. The number of aliphatic hydroxyl groups is 1. The molecule has 0 aliphatic heterocycles. The SMILES string of the molecule is C=C(O)Cn1cnc(C(C)=NC(=C)C)c1C.CCCC(C)(CCC)c1ccc(O)cc1. The minimum absolute atomic E-state index is 0.113. The molecule has 170 valence electrons. The third-order valence-electron chi connectivity index (χ3n) is 5.32. The molecule has 1 aromatic heterocycles. The number of hydrogen-bond donors (Lipinski definition) is 2. The molecule has 0 aliphatic carbocycles. The van der Waals surface area contributed by atoms with Crippen molar-refractivity contribution in [2.24, 2.45) is 4.99 Å². The molecule has 5 nitrogen and oxygen atoms in total. The predicted octanol–water partition coefficient (Wildman–Crippen LogP) is 6.86. The van der Waals surface area contributed by atoms with E-state index in [0.29, 0.717) is 12.3 Å². The van der Waals surface area contributed by atoms with Gasteiger partial charge in [0.1, 0.15) is 17.2 Å². The molecule has 0 aliphatic rings. The zero-order chi connectivity index (χ0) is 23.6. The third-order valence-corrected chi connectivity index (χ3v) is 5.32. The lowest BCUT2D eigenvalue weighted by Gasteiger charge is -2.29. The van der Waals surface area contributed by atoms with Crippen molar-refractivity contribution in [1.82, 2.24) is 9.55 Å². The minimum atomic E-state index is 0.113. The van der Waals surface area contributed by atoms with Gasteiger partial charge in [0.25, 0.3) is 0 Å². The number of aromatic hydroxyl groups is 1. The average molecular weight is 426 g/mol. The first-order valence-corrected chi connectivity index (χ1v) is 10.9. The number of phenolic OH excluding ortho intramolecular Hbond substituents is 1. The third kappa shape index (κ3) is 8.08. The number of aliphatic hydroxyl groups excluding tert-OH is 1. The Labute approximate surface area is 187 Å². The summed E-state index contributed by atoms with van der Waals surface area (Å²) in [7, 11) is 0. The second-order valence-electron chi connectivity index (χ2n) is 8.41. The first-order valence-electron chi connectivity index (χ1n) is 10.9. The number of nitrogens with zero attached hydrogens (tertiary/aromatic N) is 3. The summed E-state index contributed by atoms with van der Waals surface area (Å²) in [4.78, 5) is 8.52. The Morgan fingerprint density at radius 3 is 2.10 bits per heavy atom. The molecule has 0 spiro atoms. The highest BCUT2D eigenvalue weighted by molar-refractivity contribution is 5.98. The van der Waals surface area contributed by atoms with E-state index in [1.165, 1.54) is 31.2 Å². The summed E-state index contributed by atoms with van der Waals surface area (Å²) < 4.78 is 1.83. The topological polar surface area (TPSA) is 70.6 Å². The smallest absolute Gasteiger partial charge is 0.115 e. The Morgan fingerprint density at radius 2 is 1.65 bits per heavy atom. The lowest BCUT2D eigenvalue weighted by Crippen LogP contribution is -2.21. The summed E-state index contributed by atoms with van der Waals surface area (Å²) >= 11 is 0. The van der Waals surface area contributed by atoms with Crippen molar-refractivity contribution in [3.63, 3.8) is 0 Å². The molecule has 1 aromatic carbocycles. The highest BCUT2D eigenvalue weighted by atomic mass is 16.3. The quantitative estimate of drug-likeness (QED) is 0.341. The van der Waals surface area contributed by atoms with Crippen molar-refractivity contribution in [2.45, 2.75) is 79.2 Å². The summed E-state index contributed by atoms with van der Waals surface area (Å²) in [6, 6.07) is 7.69. The van der Waals surface area contributed by atoms with E-state index >= 15 is 0 Å². The van der Waals surface area contributed by atoms with Crippen molar-refractivity contribution in [3.8, 4) is 5.75 Å². The van der Waals surface area contributed by atoms with E-state index in [0.717, 1.165) is 22.8 Å². The summed E-state index contributed by atoms with van der Waals surface area (Å²) in [6.45, 7) is 20.0. The standard InChI is InChI=1S/C14H22O.C12H17N3O/c1-4-10-14(3,11-5-2)12-6-8-13(15)9-7-12;1-8(2)14-10(4)12-11(5)15(7-13-12)6-9(3)16/h6-9,15H,4-5,10-11H2,1-3H3;7,16H,1,3,6H2,2,4-5H3. The normalized spacial score (nSPS) is 11.6. The maximum absolute atomic E-state index is 9.28. The van der Waals surface area contributed by atoms with Crippen LogP contribution in [0.15, 0.2) is 60.2 Å². The number of phenols is 1. The minimum Gasteiger partial charge on any atom is -0.511 e. The van der Waals surface area contributed by atoms with E-state index in [4.69, 9.17) is 5.11 Å². The highest BCUT2D eigenvalue weighted by Gasteiger charge is 2.24. The van der Waals surface area contributed by atoms with E-state index < -0.39 is 0 Å². The van der Waals surface area contributed by atoms with Gasteiger partial charge in [0.05, 0.1) is 18.6 Å². The second-order valence-corrected chi connectivity index (χ2v) is 8.41. The molecule has 0 saturated heterocycles. The van der Waals surface area contributed by atoms with Crippen LogP contribution in [-0.4, -0.2) is 25.5 Å². The molecule has 0 atom stereocenters. The molecule has 0 fully saturated rings. The fourth-order valence-electron chi connectivity index (χ4n) is 3.88. The molecule has 0 radical (unpaired) electrons. The molecule has 2 N–H and O–H groups in total. The Hall–Kier alpha value is -2.82. The van der Waals surface area contributed by atoms with Gasteiger partial charge in [-0.05, 0) is 56.7 Å². The van der Waals surface area contributed by atoms with Crippen LogP contribution in [0.4, 0.5) is 0 Å². The van der Waals surface area contributed by atoms with Crippen molar-refractivity contribution >= 4 is 5.71 Å². The molecular formula is C26H39N3O2. The first kappa shape index (κ1) is 26.2. The van der Waals surface area contributed by atoms with Gasteiger partial charge in [-0.25, -0.2) is 4.98 Å². The van der Waals surface area contributed by atoms with Crippen molar-refractivity contribution in [3.05, 3.63) is 72.2 Å². The number of aliphatic imine (C=N–C) groups is 1. The van der Waals surface area contributed by atoms with Gasteiger partial charge in [-0.15, -0.1) is 0 Å². The molecule has 2 aromatic rings. The highest BCUT2D eigenvalue weighted by Crippen LogP contribution is 2.34. The van der Waals surface area contributed by atoms with Crippen LogP contribution in [0.2, 0.25) is 0 Å². The van der Waals surface area contributed by atoms with Gasteiger partial charge in [-0.3, -0.25) is 4.99 Å². The van der Waals surface area contributed by atoms with Crippen LogP contribution in [0.1, 0.15) is 77.3 Å². The number of imidazole rings is 1. The van der Waals surface area contributed by atoms with Crippen molar-refractivity contribution in [1.29, 1.82) is 0 Å². The molecular weight excluding hydrogens is 386 g/mol. The second kappa shape index (κ2) is 12.1. The number of hydrogen-bond acceptors (Lipinski definition) is 4. The van der Waals surface area contributed by atoms with E-state index in [1.807, 2.05) is 25.3 Å². The lowest BCUT2D eigenvalue weighted by atomic mass is 9.75. The molecule has 0 saturated carbocycles. The largest absolute Gasteiger partial charge is 0.511 e. The van der Waals surface area contributed by atoms with Crippen LogP contribution in [0.3, 0.4) is 0 Å². The van der Waals surface area contributed by atoms with E-state index in [2.05, 4.69) is 56.0 Å². The summed E-state index contributed by atoms with van der Waals surface area (Å²) in [6.07, 6.45) is 6.51. The van der Waals surface area contributed by atoms with Gasteiger partial charge >= 0.3 is 0 Å². The Bertz CT molecular complexity index is 886. The Balaban J connectivity index is 0.000000311. The fraction of sp³-hybridized carbons (Fsp3) is 0.462. The number of allylic oxidation sites excluding steroid dienone is 2. The van der Waals surface area contributed by atoms with Crippen LogP contribution in [0.5, 0.6) is 5.75 Å². The van der Waals surface area contributed by atoms with E-state index in [9.17, 15) is 5.11 Å². The maximum atomic E-state index is 9.28. The zero-order valence-electron chi connectivity index (χ0n) is 20.1. The van der Waals surface area contributed by atoms with Gasteiger partial charge in [0.2, 0.25) is 0 Å². The van der Waals surface area contributed by atoms with Crippen molar-refractivity contribution < 1.29 is 10.2 Å². The molecule has 5 heteroatoms. The molecule has 0 amide bonds. The lowest BCUT2D eigenvalue weighted by molar-refractivity contribution is 0.377. The molecule has 31 heavy (non-hydrogen) atoms. The predicted molar refractivity (Wildman–Crippen MR) is 131 cm³/mol. The number of aromatic nitrogens is 2. The zero-order valence-corrected chi connectivity index (χ0v) is 20.1. The van der Waals surface area contributed by atoms with Crippen LogP contribution < -0.4 is 0 Å². The number of rotatable bonds is 9. The van der Waals surface area contributed by atoms with Gasteiger partial charge in [0, 0.05) is 11.4 Å². The van der Waals surface area contributed by atoms with Gasteiger partial charge in [-0.1, -0.05) is 58.9 Å². The van der Waals surface area contributed by atoms with Crippen LogP contribution in [0.25, 0.3) is 0 Å². The number of benzene rings is 1. The van der Waals surface area contributed by atoms with Crippen LogP contribution in [0, 0.1) is 6.92 Å². The van der Waals surface area contributed by atoms with Gasteiger partial charge in [-0.2, -0.15) is 0 Å². The molecule has 0 bridgehead atoms. The maximum Gasteiger partial charge on any atom is 0.115 e. The fourth-order valence-corrected chi connectivity index (χ4v) is 3.88. The van der Waals surface area contributed by atoms with E-state index in [-0.39, 0.29) is 11.2 Å². The van der Waals surface area contributed by atoms with Gasteiger partial charge < -0.3 is 14.8 Å². The first-order chi connectivity index (χ1) is 14.5. The molecule has 0 unspecified atom stereocenters. The Morgan fingerprint density at radius 1 is 1.10 bits per heavy atom.